The molecule has 1 fully saturated rings. The van der Waals surface area contributed by atoms with E-state index in [0.717, 1.165) is 38.4 Å². The summed E-state index contributed by atoms with van der Waals surface area (Å²) in [5.41, 5.74) is 6.47. The van der Waals surface area contributed by atoms with Crippen molar-refractivity contribution < 1.29 is 5.21 Å². The van der Waals surface area contributed by atoms with Gasteiger partial charge >= 0.3 is 0 Å². The number of hydrogen-bond donors (Lipinski definition) is 2. The molecule has 112 valence electrons. The monoisotopic (exact) mass is 297 g/mol. The first-order valence-corrected chi connectivity index (χ1v) is 7.68. The van der Waals surface area contributed by atoms with Crippen molar-refractivity contribution in [3.8, 4) is 0 Å². The summed E-state index contributed by atoms with van der Waals surface area (Å²) < 4.78 is 0. The number of rotatable bonds is 4. The van der Waals surface area contributed by atoms with Gasteiger partial charge in [-0.1, -0.05) is 5.16 Å². The Balaban J connectivity index is 1.89. The molecule has 1 aliphatic heterocycles. The summed E-state index contributed by atoms with van der Waals surface area (Å²) in [6, 6.07) is 0. The zero-order chi connectivity index (χ0) is 14.8. The van der Waals surface area contributed by atoms with E-state index in [9.17, 15) is 0 Å². The van der Waals surface area contributed by atoms with Crippen molar-refractivity contribution in [2.24, 2.45) is 10.9 Å². The summed E-state index contributed by atoms with van der Waals surface area (Å²) in [6.07, 6.45) is 0. The maximum Gasteiger partial charge on any atom is 0.159 e. The molecule has 0 amide bonds. The second-order valence-corrected chi connectivity index (χ2v) is 6.63. The highest BCUT2D eigenvalue weighted by Gasteiger charge is 2.33. The van der Waals surface area contributed by atoms with Crippen LogP contribution in [-0.4, -0.2) is 57.5 Å². The molecule has 20 heavy (non-hydrogen) atoms. The van der Waals surface area contributed by atoms with E-state index in [0.29, 0.717) is 0 Å². The number of hydrogen-bond acceptors (Lipinski definition) is 6. The molecule has 2 rings (SSSR count). The first-order chi connectivity index (χ1) is 9.43. The molecule has 0 saturated carbocycles. The summed E-state index contributed by atoms with van der Waals surface area (Å²) in [5.74, 6) is 0.265. The van der Waals surface area contributed by atoms with Crippen molar-refractivity contribution in [2.75, 3.05) is 26.2 Å². The maximum absolute atomic E-state index is 8.87. The van der Waals surface area contributed by atoms with Crippen LogP contribution in [0.5, 0.6) is 0 Å². The molecule has 3 N–H and O–H groups in total. The van der Waals surface area contributed by atoms with E-state index in [1.165, 1.54) is 5.01 Å². The van der Waals surface area contributed by atoms with E-state index >= 15 is 0 Å². The normalized spacial score (nSPS) is 19.4. The fourth-order valence-corrected chi connectivity index (χ4v) is 3.23. The van der Waals surface area contributed by atoms with E-state index in [1.807, 2.05) is 20.8 Å². The highest BCUT2D eigenvalue weighted by atomic mass is 32.1. The molecule has 0 atom stereocenters. The van der Waals surface area contributed by atoms with Crippen LogP contribution in [0.15, 0.2) is 10.5 Å². The number of oxime groups is 1. The van der Waals surface area contributed by atoms with Gasteiger partial charge in [0.05, 0.1) is 12.1 Å². The Morgan fingerprint density at radius 2 is 2.10 bits per heavy atom. The molecule has 1 aromatic heterocycles. The Hall–Kier alpha value is -1.18. The molecule has 0 aliphatic carbocycles. The molecule has 7 heteroatoms. The predicted octanol–water partition coefficient (Wildman–Crippen LogP) is 1.09. The fraction of sp³-hybridized carbons (Fsp3) is 0.692. The fourth-order valence-electron chi connectivity index (χ4n) is 2.42. The third-order valence-electron chi connectivity index (χ3n) is 3.92. The molecule has 6 nitrogen and oxygen atoms in total. The summed E-state index contributed by atoms with van der Waals surface area (Å²) in [4.78, 5) is 9.16. The average molecular weight is 297 g/mol. The molecular formula is C13H23N5OS. The maximum atomic E-state index is 8.87. The molecule has 0 unspecified atom stereocenters. The van der Waals surface area contributed by atoms with Crippen molar-refractivity contribution in [1.29, 1.82) is 0 Å². The van der Waals surface area contributed by atoms with Gasteiger partial charge in [-0.15, -0.1) is 11.3 Å². The SMILES string of the molecule is Cc1csc(CN2CCN(C(C)(C)C(N)=NO)CC2)n1. The van der Waals surface area contributed by atoms with Gasteiger partial charge in [0.15, 0.2) is 5.84 Å². The molecule has 0 spiro atoms. The smallest absolute Gasteiger partial charge is 0.159 e. The molecule has 0 bridgehead atoms. The van der Waals surface area contributed by atoms with Crippen LogP contribution >= 0.6 is 11.3 Å². The van der Waals surface area contributed by atoms with Crippen molar-refractivity contribution in [1.82, 2.24) is 14.8 Å². The molecule has 2 heterocycles. The summed E-state index contributed by atoms with van der Waals surface area (Å²) >= 11 is 1.72. The molecule has 1 aliphatic rings. The number of amidine groups is 1. The Morgan fingerprint density at radius 1 is 1.45 bits per heavy atom. The number of nitrogens with zero attached hydrogens (tertiary/aromatic N) is 4. The molecule has 0 aromatic carbocycles. The van der Waals surface area contributed by atoms with Crippen LogP contribution in [0.3, 0.4) is 0 Å². The van der Waals surface area contributed by atoms with Gasteiger partial charge in [-0.25, -0.2) is 4.98 Å². The lowest BCUT2D eigenvalue weighted by molar-refractivity contribution is 0.0793. The molecular weight excluding hydrogens is 274 g/mol. The van der Waals surface area contributed by atoms with Crippen molar-refractivity contribution in [3.63, 3.8) is 0 Å². The third-order valence-corrected chi connectivity index (χ3v) is 4.87. The van der Waals surface area contributed by atoms with Crippen LogP contribution in [0.25, 0.3) is 0 Å². The van der Waals surface area contributed by atoms with Gasteiger partial charge in [0.25, 0.3) is 0 Å². The number of thiazole rings is 1. The molecule has 0 radical (unpaired) electrons. The second-order valence-electron chi connectivity index (χ2n) is 5.69. The van der Waals surface area contributed by atoms with E-state index in [4.69, 9.17) is 10.9 Å². The van der Waals surface area contributed by atoms with Gasteiger partial charge in [-0.2, -0.15) is 0 Å². The van der Waals surface area contributed by atoms with E-state index in [2.05, 4.69) is 25.3 Å². The van der Waals surface area contributed by atoms with Crippen molar-refractivity contribution in [2.45, 2.75) is 32.9 Å². The predicted molar refractivity (Wildman–Crippen MR) is 81.2 cm³/mol. The first kappa shape index (κ1) is 15.2. The van der Waals surface area contributed by atoms with E-state index in [-0.39, 0.29) is 5.84 Å². The number of aryl methyl sites for hydroxylation is 1. The van der Waals surface area contributed by atoms with Crippen LogP contribution in [0.2, 0.25) is 0 Å². The number of nitrogens with two attached hydrogens (primary N) is 1. The quantitative estimate of drug-likeness (QED) is 0.376. The minimum atomic E-state index is -0.404. The van der Waals surface area contributed by atoms with Crippen molar-refractivity contribution >= 4 is 17.2 Å². The van der Waals surface area contributed by atoms with Gasteiger partial charge in [0, 0.05) is 37.3 Å². The third kappa shape index (κ3) is 3.28. The summed E-state index contributed by atoms with van der Waals surface area (Å²) in [6.45, 7) is 10.7. The topological polar surface area (TPSA) is 78.0 Å². The van der Waals surface area contributed by atoms with Crippen LogP contribution in [-0.2, 0) is 6.54 Å². The van der Waals surface area contributed by atoms with Crippen LogP contribution in [0.4, 0.5) is 0 Å². The van der Waals surface area contributed by atoms with Crippen LogP contribution < -0.4 is 5.73 Å². The summed E-state index contributed by atoms with van der Waals surface area (Å²) in [5, 5.41) is 15.3. The Bertz CT molecular complexity index is 477. The summed E-state index contributed by atoms with van der Waals surface area (Å²) in [7, 11) is 0. The standard InChI is InChI=1S/C13H23N5OS/c1-10-9-20-11(15-10)8-17-4-6-18(7-5-17)13(2,3)12(14)16-19/h9,19H,4-8H2,1-3H3,(H2,14,16). The lowest BCUT2D eigenvalue weighted by Crippen LogP contribution is -2.59. The minimum Gasteiger partial charge on any atom is -0.409 e. The minimum absolute atomic E-state index is 0.265. The van der Waals surface area contributed by atoms with Crippen molar-refractivity contribution in [3.05, 3.63) is 16.1 Å². The lowest BCUT2D eigenvalue weighted by atomic mass is 10.0. The van der Waals surface area contributed by atoms with Gasteiger partial charge < -0.3 is 10.9 Å². The van der Waals surface area contributed by atoms with Crippen LogP contribution in [0.1, 0.15) is 24.5 Å². The molecule has 1 saturated heterocycles. The van der Waals surface area contributed by atoms with Crippen LogP contribution in [0, 0.1) is 6.92 Å². The zero-order valence-electron chi connectivity index (χ0n) is 12.3. The second kappa shape index (κ2) is 6.07. The lowest BCUT2D eigenvalue weighted by Gasteiger charge is -2.43. The number of piperazine rings is 1. The van der Waals surface area contributed by atoms with Gasteiger partial charge in [0.2, 0.25) is 0 Å². The average Bonchev–Trinajstić information content (AvgIpc) is 2.83. The highest BCUT2D eigenvalue weighted by molar-refractivity contribution is 7.09. The number of aromatic nitrogens is 1. The van der Waals surface area contributed by atoms with E-state index in [1.54, 1.807) is 11.3 Å². The molecule has 1 aromatic rings. The van der Waals surface area contributed by atoms with Gasteiger partial charge in [0.1, 0.15) is 5.01 Å². The first-order valence-electron chi connectivity index (χ1n) is 6.80. The zero-order valence-corrected chi connectivity index (χ0v) is 13.2. The Morgan fingerprint density at radius 3 is 2.60 bits per heavy atom. The van der Waals surface area contributed by atoms with Gasteiger partial charge in [-0.05, 0) is 20.8 Å². The van der Waals surface area contributed by atoms with E-state index < -0.39 is 5.54 Å². The Kier molecular flexibility index (Phi) is 4.62. The largest absolute Gasteiger partial charge is 0.409 e. The Labute approximate surface area is 123 Å². The van der Waals surface area contributed by atoms with Gasteiger partial charge in [-0.3, -0.25) is 9.80 Å². The highest BCUT2D eigenvalue weighted by Crippen LogP contribution is 2.19.